The molecule has 1 atom stereocenters. The van der Waals surface area contributed by atoms with Crippen molar-refractivity contribution in [3.05, 3.63) is 28.8 Å². The number of nitrogens with one attached hydrogen (secondary N) is 4. The smallest absolute Gasteiger partial charge is 0.321 e. The highest BCUT2D eigenvalue weighted by Crippen LogP contribution is 2.21. The molecule has 4 amide bonds. The summed E-state index contributed by atoms with van der Waals surface area (Å²) >= 11 is 0. The van der Waals surface area contributed by atoms with Crippen LogP contribution in [0.3, 0.4) is 0 Å². The van der Waals surface area contributed by atoms with Gasteiger partial charge in [0.25, 0.3) is 11.8 Å². The van der Waals surface area contributed by atoms with Crippen LogP contribution < -0.4 is 20.9 Å². The van der Waals surface area contributed by atoms with Crippen LogP contribution in [-0.2, 0) is 9.59 Å². The van der Waals surface area contributed by atoms with Gasteiger partial charge < -0.3 is 15.5 Å². The second-order valence-corrected chi connectivity index (χ2v) is 6.81. The fourth-order valence-electron chi connectivity index (χ4n) is 2.64. The molecule has 7 heteroatoms. The molecule has 1 unspecified atom stereocenters. The molecule has 1 rings (SSSR count). The Morgan fingerprint density at radius 3 is 2.04 bits per heavy atom. The molecule has 138 valence electrons. The molecule has 0 bridgehead atoms. The first-order valence-corrected chi connectivity index (χ1v) is 8.37. The number of hydrogen-bond donors (Lipinski definition) is 4. The van der Waals surface area contributed by atoms with E-state index in [1.165, 1.54) is 0 Å². The van der Waals surface area contributed by atoms with E-state index < -0.39 is 11.9 Å². The molecule has 1 aromatic rings. The van der Waals surface area contributed by atoms with Gasteiger partial charge in [0.2, 0.25) is 0 Å². The third-order valence-corrected chi connectivity index (χ3v) is 3.54. The summed E-state index contributed by atoms with van der Waals surface area (Å²) in [6, 6.07) is 3.45. The fourth-order valence-corrected chi connectivity index (χ4v) is 2.64. The number of carbonyl (C=O) groups excluding carboxylic acids is 3. The summed E-state index contributed by atoms with van der Waals surface area (Å²) < 4.78 is 0. The third kappa shape index (κ3) is 7.34. The Kier molecular flexibility index (Phi) is 7.57. The van der Waals surface area contributed by atoms with Crippen molar-refractivity contribution in [1.29, 1.82) is 0 Å². The van der Waals surface area contributed by atoms with Crippen LogP contribution in [0.1, 0.15) is 30.5 Å². The minimum absolute atomic E-state index is 0.0325. The standard InChI is InChI=1S/C18H28N4O3/c1-11(2)19-18(25)21-16(24)10-22(6)9-15(23)20-17-13(4)7-12(3)8-14(17)5/h7-8,11H,9-10H2,1-6H3,(H,20,23)(H2,19,21,24,25)/p+1. The van der Waals surface area contributed by atoms with Gasteiger partial charge in [-0.2, -0.15) is 0 Å². The van der Waals surface area contributed by atoms with Gasteiger partial charge in [0.1, 0.15) is 0 Å². The minimum Gasteiger partial charge on any atom is -0.336 e. The number of aryl methyl sites for hydroxylation is 3. The van der Waals surface area contributed by atoms with Crippen molar-refractivity contribution in [2.24, 2.45) is 0 Å². The summed E-state index contributed by atoms with van der Waals surface area (Å²) in [6.07, 6.45) is 0. The molecular formula is C18H29N4O3+. The number of imide groups is 1. The average molecular weight is 349 g/mol. The Balaban J connectivity index is 2.52. The molecule has 0 saturated heterocycles. The summed E-state index contributed by atoms with van der Waals surface area (Å²) in [5.41, 5.74) is 3.97. The molecule has 0 radical (unpaired) electrons. The number of hydrogen-bond acceptors (Lipinski definition) is 3. The summed E-state index contributed by atoms with van der Waals surface area (Å²) in [5, 5.41) is 7.73. The molecule has 1 aromatic carbocycles. The van der Waals surface area contributed by atoms with Crippen molar-refractivity contribution in [1.82, 2.24) is 10.6 Å². The number of amides is 4. The van der Waals surface area contributed by atoms with E-state index in [-0.39, 0.29) is 25.0 Å². The number of urea groups is 1. The van der Waals surface area contributed by atoms with Crippen LogP contribution >= 0.6 is 0 Å². The Labute approximate surface area is 149 Å². The van der Waals surface area contributed by atoms with Crippen LogP contribution in [0.2, 0.25) is 0 Å². The molecule has 7 nitrogen and oxygen atoms in total. The molecule has 0 aliphatic rings. The number of quaternary nitrogens is 1. The van der Waals surface area contributed by atoms with E-state index in [0.717, 1.165) is 22.4 Å². The number of carbonyl (C=O) groups is 3. The van der Waals surface area contributed by atoms with Crippen molar-refractivity contribution in [2.75, 3.05) is 25.5 Å². The number of rotatable bonds is 6. The van der Waals surface area contributed by atoms with Gasteiger partial charge in [0.05, 0.1) is 7.05 Å². The lowest BCUT2D eigenvalue weighted by Crippen LogP contribution is -3.11. The zero-order valence-corrected chi connectivity index (χ0v) is 15.9. The molecule has 0 fully saturated rings. The summed E-state index contributed by atoms with van der Waals surface area (Å²) in [6.45, 7) is 9.69. The van der Waals surface area contributed by atoms with Crippen molar-refractivity contribution in [2.45, 2.75) is 40.7 Å². The molecule has 0 saturated carbocycles. The Bertz CT molecular complexity index is 633. The van der Waals surface area contributed by atoms with Gasteiger partial charge in [-0.3, -0.25) is 14.9 Å². The fraction of sp³-hybridized carbons (Fsp3) is 0.500. The summed E-state index contributed by atoms with van der Waals surface area (Å²) in [7, 11) is 1.73. The van der Waals surface area contributed by atoms with Crippen molar-refractivity contribution < 1.29 is 19.3 Å². The highest BCUT2D eigenvalue weighted by atomic mass is 16.2. The SMILES string of the molecule is Cc1cc(C)c(NC(=O)C[NH+](C)CC(=O)NC(=O)NC(C)C)c(C)c1. The molecule has 0 aliphatic carbocycles. The van der Waals surface area contributed by atoms with Gasteiger partial charge >= 0.3 is 6.03 Å². The van der Waals surface area contributed by atoms with Crippen LogP contribution in [0, 0.1) is 20.8 Å². The molecular weight excluding hydrogens is 320 g/mol. The average Bonchev–Trinajstić information content (AvgIpc) is 2.40. The van der Waals surface area contributed by atoms with Crippen molar-refractivity contribution in [3.63, 3.8) is 0 Å². The van der Waals surface area contributed by atoms with Crippen LogP contribution in [0.15, 0.2) is 12.1 Å². The zero-order chi connectivity index (χ0) is 19.1. The van der Waals surface area contributed by atoms with E-state index in [2.05, 4.69) is 16.0 Å². The second kappa shape index (κ2) is 9.17. The van der Waals surface area contributed by atoms with Crippen LogP contribution in [0.4, 0.5) is 10.5 Å². The highest BCUT2D eigenvalue weighted by molar-refractivity contribution is 5.95. The van der Waals surface area contributed by atoms with Gasteiger partial charge in [0, 0.05) is 11.7 Å². The van der Waals surface area contributed by atoms with E-state index in [9.17, 15) is 14.4 Å². The van der Waals surface area contributed by atoms with E-state index in [1.54, 1.807) is 20.9 Å². The van der Waals surface area contributed by atoms with Crippen molar-refractivity contribution in [3.8, 4) is 0 Å². The Hall–Kier alpha value is -2.41. The third-order valence-electron chi connectivity index (χ3n) is 3.54. The molecule has 0 heterocycles. The number of anilines is 1. The molecule has 25 heavy (non-hydrogen) atoms. The number of likely N-dealkylation sites (N-methyl/N-ethyl adjacent to an activating group) is 1. The lowest BCUT2D eigenvalue weighted by Gasteiger charge is -2.16. The topological polar surface area (TPSA) is 91.7 Å². The van der Waals surface area contributed by atoms with E-state index >= 15 is 0 Å². The quantitative estimate of drug-likeness (QED) is 0.595. The summed E-state index contributed by atoms with van der Waals surface area (Å²) in [4.78, 5) is 36.2. The van der Waals surface area contributed by atoms with Gasteiger partial charge in [-0.15, -0.1) is 0 Å². The molecule has 0 aromatic heterocycles. The maximum atomic E-state index is 12.2. The second-order valence-electron chi connectivity index (χ2n) is 6.81. The van der Waals surface area contributed by atoms with Gasteiger partial charge in [-0.1, -0.05) is 17.7 Å². The zero-order valence-electron chi connectivity index (χ0n) is 15.9. The Morgan fingerprint density at radius 2 is 1.52 bits per heavy atom. The van der Waals surface area contributed by atoms with Crippen molar-refractivity contribution >= 4 is 23.5 Å². The lowest BCUT2D eigenvalue weighted by molar-refractivity contribution is -0.862. The monoisotopic (exact) mass is 349 g/mol. The summed E-state index contributed by atoms with van der Waals surface area (Å²) in [5.74, 6) is -0.599. The molecule has 4 N–H and O–H groups in total. The minimum atomic E-state index is -0.525. The Morgan fingerprint density at radius 1 is 1.00 bits per heavy atom. The number of benzene rings is 1. The van der Waals surface area contributed by atoms with E-state index in [0.29, 0.717) is 4.90 Å². The highest BCUT2D eigenvalue weighted by Gasteiger charge is 2.17. The predicted molar refractivity (Wildman–Crippen MR) is 97.7 cm³/mol. The first-order valence-electron chi connectivity index (χ1n) is 8.37. The predicted octanol–water partition coefficient (Wildman–Crippen LogP) is 0.299. The van der Waals surface area contributed by atoms with Gasteiger partial charge in [-0.25, -0.2) is 4.79 Å². The molecule has 0 spiro atoms. The van der Waals surface area contributed by atoms with Gasteiger partial charge in [-0.05, 0) is 45.7 Å². The first-order chi connectivity index (χ1) is 11.6. The normalized spacial score (nSPS) is 11.8. The van der Waals surface area contributed by atoms with E-state index in [4.69, 9.17) is 0 Å². The van der Waals surface area contributed by atoms with Crippen LogP contribution in [0.25, 0.3) is 0 Å². The first kappa shape index (κ1) is 20.6. The van der Waals surface area contributed by atoms with Crippen LogP contribution in [0.5, 0.6) is 0 Å². The molecule has 0 aliphatic heterocycles. The maximum Gasteiger partial charge on any atom is 0.321 e. The lowest BCUT2D eigenvalue weighted by atomic mass is 10.1. The van der Waals surface area contributed by atoms with Crippen LogP contribution in [-0.4, -0.2) is 44.0 Å². The largest absolute Gasteiger partial charge is 0.336 e. The van der Waals surface area contributed by atoms with E-state index in [1.807, 2.05) is 32.9 Å². The maximum absolute atomic E-state index is 12.2. The van der Waals surface area contributed by atoms with Gasteiger partial charge in [0.15, 0.2) is 13.1 Å².